The maximum absolute atomic E-state index is 11.5. The van der Waals surface area contributed by atoms with E-state index in [2.05, 4.69) is 26.2 Å². The van der Waals surface area contributed by atoms with E-state index in [-0.39, 0.29) is 12.3 Å². The number of H-pyrrole nitrogens is 1. The Hall–Kier alpha value is -2.23. The summed E-state index contributed by atoms with van der Waals surface area (Å²) in [5.41, 5.74) is 1.93. The molecule has 9 heteroatoms. The van der Waals surface area contributed by atoms with Gasteiger partial charge < -0.3 is 34.7 Å². The molecule has 1 aromatic carbocycles. The van der Waals surface area contributed by atoms with Gasteiger partial charge in [-0.2, -0.15) is 0 Å². The van der Waals surface area contributed by atoms with Crippen LogP contribution in [-0.4, -0.2) is 55.6 Å². The van der Waals surface area contributed by atoms with E-state index < -0.39 is 5.97 Å². The van der Waals surface area contributed by atoms with E-state index in [9.17, 15) is 9.90 Å². The molecule has 0 aliphatic heterocycles. The predicted molar refractivity (Wildman–Crippen MR) is 99.3 cm³/mol. The fraction of sp³-hybridized carbons (Fsp3) is 0.353. The van der Waals surface area contributed by atoms with Gasteiger partial charge in [0.25, 0.3) is 0 Å². The van der Waals surface area contributed by atoms with E-state index in [1.54, 1.807) is 12.1 Å². The van der Waals surface area contributed by atoms with Gasteiger partial charge in [-0.1, -0.05) is 0 Å². The smallest absolute Gasteiger partial charge is 0.353 e. The van der Waals surface area contributed by atoms with Crippen molar-refractivity contribution in [2.75, 3.05) is 34.5 Å². The van der Waals surface area contributed by atoms with Crippen molar-refractivity contribution in [3.63, 3.8) is 0 Å². The van der Waals surface area contributed by atoms with E-state index in [0.29, 0.717) is 51.6 Å². The zero-order valence-corrected chi connectivity index (χ0v) is 16.3. The highest BCUT2D eigenvalue weighted by Gasteiger charge is 2.26. The van der Waals surface area contributed by atoms with E-state index in [4.69, 9.17) is 19.3 Å². The maximum Gasteiger partial charge on any atom is 0.353 e. The molecule has 0 aliphatic carbocycles. The minimum Gasteiger partial charge on any atom is -0.493 e. The Morgan fingerprint density at radius 3 is 2.42 bits per heavy atom. The summed E-state index contributed by atoms with van der Waals surface area (Å²) >= 11 is 3.38. The molecule has 0 radical (unpaired) electrons. The number of carbonyl (C=O) groups is 1. The highest BCUT2D eigenvalue weighted by molar-refractivity contribution is 9.10. The molecule has 4 N–H and O–H groups in total. The number of nitrogens with one attached hydrogen (secondary N) is 2. The minimum absolute atomic E-state index is 0.0251. The molecule has 0 saturated heterocycles. The van der Waals surface area contributed by atoms with Crippen molar-refractivity contribution in [3.05, 3.63) is 28.0 Å². The third-order valence-corrected chi connectivity index (χ3v) is 4.59. The molecule has 142 valence electrons. The molecule has 2 rings (SSSR count). The van der Waals surface area contributed by atoms with E-state index in [0.717, 1.165) is 0 Å². The van der Waals surface area contributed by atoms with Crippen LogP contribution in [0.1, 0.15) is 16.2 Å². The van der Waals surface area contributed by atoms with Gasteiger partial charge in [0, 0.05) is 29.9 Å². The number of hydrogen-bond acceptors (Lipinski definition) is 6. The quantitative estimate of drug-likeness (QED) is 0.453. The highest BCUT2D eigenvalue weighted by Crippen LogP contribution is 2.47. The number of carboxylic acid groups (broad SMARTS) is 1. The van der Waals surface area contributed by atoms with Crippen molar-refractivity contribution < 1.29 is 29.2 Å². The normalized spacial score (nSPS) is 10.7. The molecular weight excluding hydrogens is 408 g/mol. The molecule has 0 bridgehead atoms. The fourth-order valence-corrected chi connectivity index (χ4v) is 3.40. The maximum atomic E-state index is 11.5. The first kappa shape index (κ1) is 20.1. The SMILES string of the molecule is COc1ccc(-c2c(CNCCO)[nH]c(C(=O)O)c2Br)c(OC)c1OC. The molecule has 26 heavy (non-hydrogen) atoms. The summed E-state index contributed by atoms with van der Waals surface area (Å²) in [4.78, 5) is 14.4. The second-order valence-corrected chi connectivity index (χ2v) is 6.05. The molecule has 0 unspecified atom stereocenters. The molecule has 8 nitrogen and oxygen atoms in total. The summed E-state index contributed by atoms with van der Waals surface area (Å²) in [6.45, 7) is 0.684. The fourth-order valence-electron chi connectivity index (χ4n) is 2.68. The number of rotatable bonds is 9. The van der Waals surface area contributed by atoms with Crippen molar-refractivity contribution in [1.82, 2.24) is 10.3 Å². The molecule has 0 amide bonds. The number of aromatic nitrogens is 1. The molecule has 0 aliphatic rings. The number of ether oxygens (including phenoxy) is 3. The average Bonchev–Trinajstić information content (AvgIpc) is 2.96. The topological polar surface area (TPSA) is 113 Å². The van der Waals surface area contributed by atoms with Crippen molar-refractivity contribution in [2.45, 2.75) is 6.54 Å². The number of methoxy groups -OCH3 is 3. The van der Waals surface area contributed by atoms with Crippen molar-refractivity contribution in [1.29, 1.82) is 0 Å². The highest BCUT2D eigenvalue weighted by atomic mass is 79.9. The van der Waals surface area contributed by atoms with Crippen molar-refractivity contribution in [2.24, 2.45) is 0 Å². The monoisotopic (exact) mass is 428 g/mol. The molecular formula is C17H21BrN2O6. The first-order valence-corrected chi connectivity index (χ1v) is 8.53. The third-order valence-electron chi connectivity index (χ3n) is 3.79. The van der Waals surface area contributed by atoms with Crippen LogP contribution in [0.2, 0.25) is 0 Å². The lowest BCUT2D eigenvalue weighted by Crippen LogP contribution is -2.18. The van der Waals surface area contributed by atoms with Gasteiger partial charge in [0.05, 0.1) is 32.4 Å². The van der Waals surface area contributed by atoms with Gasteiger partial charge in [-0.15, -0.1) is 0 Å². The number of aromatic carboxylic acids is 1. The Bertz CT molecular complexity index is 790. The van der Waals surface area contributed by atoms with Gasteiger partial charge in [-0.25, -0.2) is 4.79 Å². The van der Waals surface area contributed by atoms with Gasteiger partial charge in [0.2, 0.25) is 5.75 Å². The van der Waals surface area contributed by atoms with Gasteiger partial charge in [-0.05, 0) is 28.1 Å². The lowest BCUT2D eigenvalue weighted by molar-refractivity contribution is 0.0690. The van der Waals surface area contributed by atoms with Gasteiger partial charge in [0.15, 0.2) is 11.5 Å². The summed E-state index contributed by atoms with van der Waals surface area (Å²) in [5.74, 6) is 0.239. The summed E-state index contributed by atoms with van der Waals surface area (Å²) in [6, 6.07) is 3.50. The number of halogens is 1. The van der Waals surface area contributed by atoms with Crippen LogP contribution < -0.4 is 19.5 Å². The molecule has 0 spiro atoms. The molecule has 2 aromatic rings. The van der Waals surface area contributed by atoms with Gasteiger partial charge in [0.1, 0.15) is 5.69 Å². The second kappa shape index (κ2) is 8.93. The summed E-state index contributed by atoms with van der Waals surface area (Å²) in [7, 11) is 4.53. The van der Waals surface area contributed by atoms with Crippen LogP contribution in [0.4, 0.5) is 0 Å². The van der Waals surface area contributed by atoms with E-state index >= 15 is 0 Å². The number of hydrogen-bond donors (Lipinski definition) is 4. The van der Waals surface area contributed by atoms with Gasteiger partial charge >= 0.3 is 5.97 Å². The lowest BCUT2D eigenvalue weighted by atomic mass is 10.0. The molecule has 0 fully saturated rings. The Labute approximate surface area is 159 Å². The van der Waals surface area contributed by atoms with Crippen LogP contribution in [0.3, 0.4) is 0 Å². The van der Waals surface area contributed by atoms with E-state index in [1.807, 2.05) is 0 Å². The Balaban J connectivity index is 2.68. The number of aliphatic hydroxyl groups is 1. The number of aromatic amines is 1. The number of benzene rings is 1. The Kier molecular flexibility index (Phi) is 6.90. The molecule has 1 aromatic heterocycles. The largest absolute Gasteiger partial charge is 0.493 e. The summed E-state index contributed by atoms with van der Waals surface area (Å²) < 4.78 is 16.6. The van der Waals surface area contributed by atoms with Gasteiger partial charge in [-0.3, -0.25) is 0 Å². The number of carboxylic acids is 1. The van der Waals surface area contributed by atoms with Crippen LogP contribution in [0.5, 0.6) is 17.2 Å². The standard InChI is InChI=1S/C17H21BrN2O6/c1-24-11-5-4-9(15(25-2)16(11)26-3)12-10(8-19-6-7-21)20-14(13(12)18)17(22)23/h4-5,19-21H,6-8H2,1-3H3,(H,22,23). The zero-order valence-electron chi connectivity index (χ0n) is 14.7. The first-order chi connectivity index (χ1) is 12.5. The van der Waals surface area contributed by atoms with Crippen molar-refractivity contribution in [3.8, 4) is 28.4 Å². The minimum atomic E-state index is -1.09. The number of aliphatic hydroxyl groups excluding tert-OH is 1. The summed E-state index contributed by atoms with van der Waals surface area (Å²) in [6.07, 6.45) is 0. The summed E-state index contributed by atoms with van der Waals surface area (Å²) in [5, 5.41) is 21.4. The van der Waals surface area contributed by atoms with Crippen LogP contribution in [0, 0.1) is 0 Å². The van der Waals surface area contributed by atoms with Crippen LogP contribution in [0.15, 0.2) is 16.6 Å². The van der Waals surface area contributed by atoms with Crippen LogP contribution >= 0.6 is 15.9 Å². The molecule has 0 atom stereocenters. The first-order valence-electron chi connectivity index (χ1n) is 7.74. The second-order valence-electron chi connectivity index (χ2n) is 5.25. The van der Waals surface area contributed by atoms with Crippen LogP contribution in [-0.2, 0) is 6.54 Å². The Morgan fingerprint density at radius 1 is 1.19 bits per heavy atom. The van der Waals surface area contributed by atoms with Crippen LogP contribution in [0.25, 0.3) is 11.1 Å². The lowest BCUT2D eigenvalue weighted by Gasteiger charge is -2.16. The Morgan fingerprint density at radius 2 is 1.88 bits per heavy atom. The molecule has 1 heterocycles. The van der Waals surface area contributed by atoms with E-state index in [1.165, 1.54) is 21.3 Å². The average molecular weight is 429 g/mol. The molecule has 0 saturated carbocycles. The predicted octanol–water partition coefficient (Wildman–Crippen LogP) is 2.25. The third kappa shape index (κ3) is 3.79. The zero-order chi connectivity index (χ0) is 19.3. The van der Waals surface area contributed by atoms with Crippen molar-refractivity contribution >= 4 is 21.9 Å².